The zero-order valence-corrected chi connectivity index (χ0v) is 19.4. The minimum atomic E-state index is -0.676. The minimum absolute atomic E-state index is 0. The van der Waals surface area contributed by atoms with Crippen molar-refractivity contribution in [3.8, 4) is 34.0 Å². The van der Waals surface area contributed by atoms with Crippen LogP contribution in [0, 0.1) is 12.8 Å². The first-order valence-corrected chi connectivity index (χ1v) is 11.1. The highest BCUT2D eigenvalue weighted by atomic mass is 35.5. The summed E-state index contributed by atoms with van der Waals surface area (Å²) in [6.07, 6.45) is 4.88. The molecule has 1 fully saturated rings. The quantitative estimate of drug-likeness (QED) is 0.401. The third kappa shape index (κ3) is 3.91. The molecule has 174 valence electrons. The molecule has 2 aromatic heterocycles. The fourth-order valence-corrected chi connectivity index (χ4v) is 4.90. The van der Waals surface area contributed by atoms with E-state index < -0.39 is 5.97 Å². The molecule has 0 bridgehead atoms. The van der Waals surface area contributed by atoms with Gasteiger partial charge in [0.1, 0.15) is 0 Å². The highest BCUT2D eigenvalue weighted by Gasteiger charge is 2.39. The van der Waals surface area contributed by atoms with Crippen LogP contribution in [0.25, 0.3) is 34.0 Å². The van der Waals surface area contributed by atoms with Crippen molar-refractivity contribution < 1.29 is 18.8 Å². The smallest absolute Gasteiger partial charge is 0.306 e. The molecular formula is C26H24ClN3O4. The number of fused-ring (bicyclic) bond motifs is 1. The van der Waals surface area contributed by atoms with E-state index in [2.05, 4.69) is 34.1 Å². The number of aryl methyl sites for hydroxylation is 1. The zero-order valence-electron chi connectivity index (χ0n) is 18.6. The van der Waals surface area contributed by atoms with Gasteiger partial charge in [0.2, 0.25) is 5.82 Å². The van der Waals surface area contributed by atoms with Gasteiger partial charge < -0.3 is 14.0 Å². The van der Waals surface area contributed by atoms with E-state index in [4.69, 9.17) is 14.0 Å². The van der Waals surface area contributed by atoms with E-state index in [1.54, 1.807) is 12.5 Å². The predicted octanol–water partition coefficient (Wildman–Crippen LogP) is 5.57. The average molecular weight is 478 g/mol. The lowest BCUT2D eigenvalue weighted by Gasteiger charge is -2.39. The van der Waals surface area contributed by atoms with Crippen LogP contribution in [0.4, 0.5) is 0 Å². The normalized spacial score (nSPS) is 19.3. The first kappa shape index (κ1) is 22.4. The topological polar surface area (TPSA) is 92.6 Å². The molecule has 8 heteroatoms. The summed E-state index contributed by atoms with van der Waals surface area (Å²) < 4.78 is 10.8. The lowest BCUT2D eigenvalue weighted by Crippen LogP contribution is -2.44. The number of furan rings is 1. The van der Waals surface area contributed by atoms with Crippen molar-refractivity contribution in [2.75, 3.05) is 0 Å². The lowest BCUT2D eigenvalue weighted by atomic mass is 9.79. The molecule has 2 aromatic carbocycles. The standard InChI is InChI=1S/C26H23N3O4.ClH/c1-15-8-17(4-5-23(15)19-6-7-32-14-19)25-27-24(28-33-25)16-2-3-18-12-29(13-21(18)9-16)22-10-20(11-22)26(30)31;/h2-9,14,20,22H,10-13H2,1H3,(H,30,31);1H. The Balaban J connectivity index is 0.00000241. The second-order valence-electron chi connectivity index (χ2n) is 9.01. The van der Waals surface area contributed by atoms with Crippen molar-refractivity contribution >= 4 is 18.4 Å². The Hall–Kier alpha value is -3.42. The van der Waals surface area contributed by atoms with Gasteiger partial charge in [0, 0.05) is 35.8 Å². The molecule has 0 saturated heterocycles. The zero-order chi connectivity index (χ0) is 22.5. The van der Waals surface area contributed by atoms with Gasteiger partial charge in [0.15, 0.2) is 0 Å². The van der Waals surface area contributed by atoms with Gasteiger partial charge in [-0.15, -0.1) is 12.4 Å². The van der Waals surface area contributed by atoms with Crippen LogP contribution in [0.5, 0.6) is 0 Å². The summed E-state index contributed by atoms with van der Waals surface area (Å²) in [5.74, 6) is 0.189. The van der Waals surface area contributed by atoms with Crippen LogP contribution in [0.1, 0.15) is 29.5 Å². The molecule has 4 aromatic rings. The number of hydrogen-bond acceptors (Lipinski definition) is 6. The van der Waals surface area contributed by atoms with Crippen LogP contribution >= 0.6 is 12.4 Å². The molecule has 0 spiro atoms. The number of benzene rings is 2. The van der Waals surface area contributed by atoms with Gasteiger partial charge in [-0.05, 0) is 66.3 Å². The van der Waals surface area contributed by atoms with E-state index in [-0.39, 0.29) is 18.3 Å². The van der Waals surface area contributed by atoms with Gasteiger partial charge in [0.25, 0.3) is 5.89 Å². The molecule has 1 saturated carbocycles. The summed E-state index contributed by atoms with van der Waals surface area (Å²) >= 11 is 0. The minimum Gasteiger partial charge on any atom is -0.481 e. The third-order valence-electron chi connectivity index (χ3n) is 6.92. The number of carboxylic acids is 1. The van der Waals surface area contributed by atoms with Crippen molar-refractivity contribution in [2.45, 2.75) is 38.9 Å². The molecule has 6 rings (SSSR count). The monoisotopic (exact) mass is 477 g/mol. The van der Waals surface area contributed by atoms with E-state index in [0.29, 0.717) is 17.8 Å². The predicted molar refractivity (Wildman–Crippen MR) is 128 cm³/mol. The number of halogens is 1. The number of aliphatic carboxylic acids is 1. The molecule has 7 nitrogen and oxygen atoms in total. The lowest BCUT2D eigenvalue weighted by molar-refractivity contribution is -0.147. The van der Waals surface area contributed by atoms with Crippen LogP contribution in [-0.4, -0.2) is 32.2 Å². The first-order valence-electron chi connectivity index (χ1n) is 11.1. The summed E-state index contributed by atoms with van der Waals surface area (Å²) in [6, 6.07) is 14.6. The fourth-order valence-electron chi connectivity index (χ4n) is 4.90. The Morgan fingerprint density at radius 2 is 1.82 bits per heavy atom. The van der Waals surface area contributed by atoms with Gasteiger partial charge in [0.05, 0.1) is 18.4 Å². The van der Waals surface area contributed by atoms with Crippen LogP contribution in [0.15, 0.2) is 63.9 Å². The third-order valence-corrected chi connectivity index (χ3v) is 6.92. The van der Waals surface area contributed by atoms with Gasteiger partial charge in [-0.2, -0.15) is 4.98 Å². The molecule has 0 radical (unpaired) electrons. The summed E-state index contributed by atoms with van der Waals surface area (Å²) in [5.41, 5.74) is 7.59. The summed E-state index contributed by atoms with van der Waals surface area (Å²) in [7, 11) is 0. The molecular weight excluding hydrogens is 454 g/mol. The second kappa shape index (κ2) is 8.74. The van der Waals surface area contributed by atoms with Crippen molar-refractivity contribution in [3.05, 3.63) is 71.7 Å². The number of carboxylic acid groups (broad SMARTS) is 1. The summed E-state index contributed by atoms with van der Waals surface area (Å²) in [6.45, 7) is 3.75. The van der Waals surface area contributed by atoms with Crippen LogP contribution < -0.4 is 0 Å². The second-order valence-corrected chi connectivity index (χ2v) is 9.01. The van der Waals surface area contributed by atoms with Crippen LogP contribution in [0.3, 0.4) is 0 Å². The molecule has 1 N–H and O–H groups in total. The van der Waals surface area contributed by atoms with Gasteiger partial charge in [-0.1, -0.05) is 23.4 Å². The highest BCUT2D eigenvalue weighted by Crippen LogP contribution is 2.38. The molecule has 1 aliphatic carbocycles. The van der Waals surface area contributed by atoms with Crippen molar-refractivity contribution in [2.24, 2.45) is 5.92 Å². The Morgan fingerprint density at radius 3 is 2.56 bits per heavy atom. The number of rotatable bonds is 5. The maximum atomic E-state index is 11.1. The Labute approximate surface area is 202 Å². The molecule has 1 aliphatic heterocycles. The Kier molecular flexibility index (Phi) is 5.75. The van der Waals surface area contributed by atoms with Gasteiger partial charge >= 0.3 is 5.97 Å². The summed E-state index contributed by atoms with van der Waals surface area (Å²) in [4.78, 5) is 18.1. The maximum Gasteiger partial charge on any atom is 0.306 e. The average Bonchev–Trinajstić information content (AvgIpc) is 3.52. The van der Waals surface area contributed by atoms with Crippen LogP contribution in [-0.2, 0) is 17.9 Å². The summed E-state index contributed by atoms with van der Waals surface area (Å²) in [5, 5.41) is 13.4. The molecule has 2 aliphatic rings. The first-order chi connectivity index (χ1) is 16.0. The molecule has 3 heterocycles. The van der Waals surface area contributed by atoms with Crippen molar-refractivity contribution in [1.82, 2.24) is 15.0 Å². The van der Waals surface area contributed by atoms with Gasteiger partial charge in [-0.25, -0.2) is 0 Å². The van der Waals surface area contributed by atoms with Gasteiger partial charge in [-0.3, -0.25) is 9.69 Å². The Bertz CT molecular complexity index is 1340. The largest absolute Gasteiger partial charge is 0.481 e. The molecule has 0 amide bonds. The molecule has 0 atom stereocenters. The fraction of sp³-hybridized carbons (Fsp3) is 0.269. The number of nitrogens with zero attached hydrogens (tertiary/aromatic N) is 3. The maximum absolute atomic E-state index is 11.1. The Morgan fingerprint density at radius 1 is 1.03 bits per heavy atom. The SMILES string of the molecule is Cc1cc(-c2nc(-c3ccc4c(c3)CN(C3CC(C(=O)O)C3)C4)no2)ccc1-c1ccoc1.Cl. The molecule has 0 unspecified atom stereocenters. The van der Waals surface area contributed by atoms with E-state index in [1.165, 1.54) is 11.1 Å². The van der Waals surface area contributed by atoms with E-state index in [1.807, 2.05) is 30.3 Å². The van der Waals surface area contributed by atoms with Crippen molar-refractivity contribution in [3.63, 3.8) is 0 Å². The highest BCUT2D eigenvalue weighted by molar-refractivity contribution is 5.85. The van der Waals surface area contributed by atoms with Crippen LogP contribution in [0.2, 0.25) is 0 Å². The molecule has 34 heavy (non-hydrogen) atoms. The number of aromatic nitrogens is 2. The number of hydrogen-bond donors (Lipinski definition) is 1. The van der Waals surface area contributed by atoms with E-state index >= 15 is 0 Å². The van der Waals surface area contributed by atoms with E-state index in [0.717, 1.165) is 53.7 Å². The van der Waals surface area contributed by atoms with E-state index in [9.17, 15) is 4.79 Å². The number of carbonyl (C=O) groups is 1. The van der Waals surface area contributed by atoms with Crippen molar-refractivity contribution in [1.29, 1.82) is 0 Å².